The lowest BCUT2D eigenvalue weighted by molar-refractivity contribution is 0.620. The van der Waals surface area contributed by atoms with Crippen molar-refractivity contribution in [3.8, 4) is 22.6 Å². The molecule has 0 saturated carbocycles. The molecule has 0 amide bonds. The van der Waals surface area contributed by atoms with E-state index >= 15 is 0 Å². The lowest BCUT2D eigenvalue weighted by Gasteiger charge is -2.30. The zero-order valence-electron chi connectivity index (χ0n) is 32.8. The zero-order chi connectivity index (χ0) is 40.3. The Hall–Kier alpha value is -8.35. The van der Waals surface area contributed by atoms with E-state index in [1.807, 2.05) is 60.7 Å². The number of anilines is 6. The van der Waals surface area contributed by atoms with E-state index in [-0.39, 0.29) is 0 Å². The smallest absolute Gasteiger partial charge is 0.227 e. The highest BCUT2D eigenvalue weighted by molar-refractivity contribution is 6.09. The largest absolute Gasteiger partial charge is 0.456 e. The van der Waals surface area contributed by atoms with E-state index in [0.29, 0.717) is 11.5 Å². The van der Waals surface area contributed by atoms with E-state index in [1.165, 1.54) is 0 Å². The van der Waals surface area contributed by atoms with Gasteiger partial charge in [-0.05, 0) is 90.5 Å². The summed E-state index contributed by atoms with van der Waals surface area (Å²) in [6, 6.07) is 73.2. The number of fused-ring (bicyclic) bond motifs is 7. The van der Waals surface area contributed by atoms with E-state index in [2.05, 4.69) is 161 Å². The monoisotopic (exact) mass is 785 g/mol. The molecule has 0 aliphatic heterocycles. The number of furan rings is 2. The third-order valence-corrected chi connectivity index (χ3v) is 11.5. The molecule has 3 aromatic heterocycles. The summed E-state index contributed by atoms with van der Waals surface area (Å²) in [4.78, 5) is 9.92. The van der Waals surface area contributed by atoms with Gasteiger partial charge in [0.05, 0.1) is 17.1 Å². The quantitative estimate of drug-likeness (QED) is 0.153. The van der Waals surface area contributed by atoms with E-state index < -0.39 is 0 Å². The SMILES string of the molecule is c1ccc(-c2nc3c(N(c4ccc5oc6ccccc6c5c4)c4ccccc4-c4ccccc4)cc(N(c4ccccc4)c4ccc5oc6ccccc6c5c4)cc3o2)cc1. The fourth-order valence-electron chi connectivity index (χ4n) is 8.67. The number of hydrogen-bond donors (Lipinski definition) is 0. The molecule has 288 valence electrons. The average molecular weight is 786 g/mol. The first kappa shape index (κ1) is 34.7. The van der Waals surface area contributed by atoms with Crippen LogP contribution < -0.4 is 9.80 Å². The zero-order valence-corrected chi connectivity index (χ0v) is 32.8. The number of hydrogen-bond acceptors (Lipinski definition) is 6. The molecule has 12 aromatic rings. The summed E-state index contributed by atoms with van der Waals surface area (Å²) in [6.45, 7) is 0. The summed E-state index contributed by atoms with van der Waals surface area (Å²) in [7, 11) is 0. The molecule has 0 saturated heterocycles. The first-order valence-electron chi connectivity index (χ1n) is 20.4. The van der Waals surface area contributed by atoms with Gasteiger partial charge >= 0.3 is 0 Å². The molecule has 0 bridgehead atoms. The molecule has 0 atom stereocenters. The maximum absolute atomic E-state index is 6.83. The minimum atomic E-state index is 0.541. The van der Waals surface area contributed by atoms with Crippen LogP contribution in [0.2, 0.25) is 0 Å². The van der Waals surface area contributed by atoms with Crippen LogP contribution in [-0.2, 0) is 0 Å². The average Bonchev–Trinajstić information content (AvgIpc) is 4.04. The second-order valence-corrected chi connectivity index (χ2v) is 15.1. The van der Waals surface area contributed by atoms with Gasteiger partial charge in [-0.1, -0.05) is 121 Å². The molecule has 0 N–H and O–H groups in total. The maximum Gasteiger partial charge on any atom is 0.227 e. The molecule has 9 aromatic carbocycles. The Labute approximate surface area is 350 Å². The molecule has 6 heteroatoms. The van der Waals surface area contributed by atoms with Gasteiger partial charge in [-0.15, -0.1) is 0 Å². The highest BCUT2D eigenvalue weighted by Crippen LogP contribution is 2.49. The lowest BCUT2D eigenvalue weighted by Crippen LogP contribution is -2.14. The minimum absolute atomic E-state index is 0.541. The summed E-state index contributed by atoms with van der Waals surface area (Å²) < 4.78 is 19.5. The predicted molar refractivity (Wildman–Crippen MR) is 249 cm³/mol. The molecule has 61 heavy (non-hydrogen) atoms. The van der Waals surface area contributed by atoms with Crippen molar-refractivity contribution in [2.75, 3.05) is 9.80 Å². The Kier molecular flexibility index (Phi) is 8.06. The number of oxazole rings is 1. The standard InChI is InChI=1S/C55H35N3O3/c1-4-16-36(17-5-1)42-22-10-13-25-47(42)58(40-29-31-52-46(33-40)44-24-12-15-27-50(44)60-52)48-34-41(35-53-54(48)56-55(61-53)37-18-6-2-7-19-37)57(38-20-8-3-9-21-38)39-28-30-51-45(32-39)43-23-11-14-26-49(43)59-51/h1-35H. The Morgan fingerprint density at radius 3 is 1.49 bits per heavy atom. The number of rotatable bonds is 8. The molecule has 6 nitrogen and oxygen atoms in total. The van der Waals surface area contributed by atoms with Crippen molar-refractivity contribution < 1.29 is 13.3 Å². The number of para-hydroxylation sites is 4. The molecular weight excluding hydrogens is 751 g/mol. The van der Waals surface area contributed by atoms with Crippen LogP contribution in [0.25, 0.3) is 77.6 Å². The highest BCUT2D eigenvalue weighted by Gasteiger charge is 2.26. The van der Waals surface area contributed by atoms with Gasteiger partial charge in [0.25, 0.3) is 0 Å². The van der Waals surface area contributed by atoms with Gasteiger partial charge in [-0.25, -0.2) is 4.98 Å². The molecular formula is C55H35N3O3. The van der Waals surface area contributed by atoms with Crippen LogP contribution >= 0.6 is 0 Å². The Bertz CT molecular complexity index is 3550. The van der Waals surface area contributed by atoms with Crippen molar-refractivity contribution in [2.45, 2.75) is 0 Å². The summed E-state index contributed by atoms with van der Waals surface area (Å²) in [5, 5.41) is 4.19. The van der Waals surface area contributed by atoms with Crippen molar-refractivity contribution in [1.82, 2.24) is 4.98 Å². The molecule has 0 spiro atoms. The first-order valence-corrected chi connectivity index (χ1v) is 20.4. The van der Waals surface area contributed by atoms with E-state index in [1.54, 1.807) is 0 Å². The Morgan fingerprint density at radius 1 is 0.311 bits per heavy atom. The van der Waals surface area contributed by atoms with Crippen molar-refractivity contribution in [2.24, 2.45) is 0 Å². The molecule has 0 fully saturated rings. The molecule has 12 rings (SSSR count). The van der Waals surface area contributed by atoms with Crippen molar-refractivity contribution in [3.05, 3.63) is 212 Å². The van der Waals surface area contributed by atoms with E-state index in [9.17, 15) is 0 Å². The Balaban J connectivity index is 1.17. The van der Waals surface area contributed by atoms with Crippen LogP contribution in [0.1, 0.15) is 0 Å². The minimum Gasteiger partial charge on any atom is -0.456 e. The van der Waals surface area contributed by atoms with Crippen molar-refractivity contribution in [3.63, 3.8) is 0 Å². The normalized spacial score (nSPS) is 11.6. The molecule has 0 radical (unpaired) electrons. The third-order valence-electron chi connectivity index (χ3n) is 11.5. The topological polar surface area (TPSA) is 58.8 Å². The van der Waals surface area contributed by atoms with Crippen molar-refractivity contribution >= 4 is 89.1 Å². The predicted octanol–water partition coefficient (Wildman–Crippen LogP) is 15.9. The molecule has 0 aliphatic carbocycles. The third kappa shape index (κ3) is 5.92. The summed E-state index contributed by atoms with van der Waals surface area (Å²) in [5.74, 6) is 0.541. The lowest BCUT2D eigenvalue weighted by atomic mass is 10.0. The van der Waals surface area contributed by atoms with Gasteiger partial charge in [-0.3, -0.25) is 0 Å². The van der Waals surface area contributed by atoms with Crippen LogP contribution in [0.15, 0.2) is 226 Å². The fourth-order valence-corrected chi connectivity index (χ4v) is 8.67. The van der Waals surface area contributed by atoms with Gasteiger partial charge in [0.2, 0.25) is 5.89 Å². The molecule has 0 aliphatic rings. The van der Waals surface area contributed by atoms with Gasteiger partial charge in [-0.2, -0.15) is 0 Å². The maximum atomic E-state index is 6.83. The molecule has 3 heterocycles. The van der Waals surface area contributed by atoms with Gasteiger partial charge in [0, 0.05) is 55.8 Å². The second kappa shape index (κ2) is 14.2. The number of nitrogens with zero attached hydrogens (tertiary/aromatic N) is 3. The molecule has 0 unspecified atom stereocenters. The summed E-state index contributed by atoms with van der Waals surface area (Å²) in [6.07, 6.45) is 0. The Morgan fingerprint density at radius 2 is 0.836 bits per heavy atom. The van der Waals surface area contributed by atoms with Gasteiger partial charge in [0.15, 0.2) is 5.58 Å². The van der Waals surface area contributed by atoms with Crippen LogP contribution in [-0.4, -0.2) is 4.98 Å². The van der Waals surface area contributed by atoms with Crippen LogP contribution in [0.3, 0.4) is 0 Å². The van der Waals surface area contributed by atoms with E-state index in [4.69, 9.17) is 18.2 Å². The first-order chi connectivity index (χ1) is 30.2. The number of benzene rings is 9. The van der Waals surface area contributed by atoms with Gasteiger partial charge in [0.1, 0.15) is 27.8 Å². The number of aromatic nitrogens is 1. The van der Waals surface area contributed by atoms with Crippen LogP contribution in [0, 0.1) is 0 Å². The summed E-state index contributed by atoms with van der Waals surface area (Å²) in [5.41, 5.74) is 13.5. The van der Waals surface area contributed by atoms with Gasteiger partial charge < -0.3 is 23.1 Å². The summed E-state index contributed by atoms with van der Waals surface area (Å²) >= 11 is 0. The fraction of sp³-hybridized carbons (Fsp3) is 0. The van der Waals surface area contributed by atoms with E-state index in [0.717, 1.165) is 100 Å². The van der Waals surface area contributed by atoms with Crippen LogP contribution in [0.5, 0.6) is 0 Å². The highest BCUT2D eigenvalue weighted by atomic mass is 16.3. The van der Waals surface area contributed by atoms with Crippen molar-refractivity contribution in [1.29, 1.82) is 0 Å². The second-order valence-electron chi connectivity index (χ2n) is 15.1. The van der Waals surface area contributed by atoms with Crippen LogP contribution in [0.4, 0.5) is 34.1 Å².